The van der Waals surface area contributed by atoms with Gasteiger partial charge in [0, 0.05) is 24.0 Å². The highest BCUT2D eigenvalue weighted by Crippen LogP contribution is 2.30. The van der Waals surface area contributed by atoms with Gasteiger partial charge in [-0.3, -0.25) is 19.3 Å². The third-order valence-electron chi connectivity index (χ3n) is 6.46. The molecule has 1 aromatic carbocycles. The van der Waals surface area contributed by atoms with Crippen molar-refractivity contribution in [2.24, 2.45) is 4.99 Å². The minimum atomic E-state index is -0.424. The molecule has 40 heavy (non-hydrogen) atoms. The van der Waals surface area contributed by atoms with Crippen LogP contribution in [0.4, 0.5) is 5.69 Å². The Hall–Kier alpha value is -3.46. The lowest BCUT2D eigenvalue weighted by Crippen LogP contribution is -2.39. The van der Waals surface area contributed by atoms with Gasteiger partial charge in [0.2, 0.25) is 12.2 Å². The minimum Gasteiger partial charge on any atom is -0.459 e. The van der Waals surface area contributed by atoms with E-state index in [-0.39, 0.29) is 17.3 Å². The fraction of sp³-hybridized carbons (Fsp3) is 0.548. The molecule has 0 radical (unpaired) electrons. The first kappa shape index (κ1) is 32.8. The molecule has 1 aromatic heterocycles. The number of carbonyl (C=O) groups is 3. The zero-order valence-electron chi connectivity index (χ0n) is 25.1. The molecular weight excluding hydrogens is 508 g/mol. The maximum absolute atomic E-state index is 12.4. The Morgan fingerprint density at radius 2 is 1.80 bits per heavy atom. The smallest absolute Gasteiger partial charge is 0.320 e. The van der Waals surface area contributed by atoms with Crippen LogP contribution in [0, 0.1) is 0 Å². The number of aliphatic imine (C=N–C) groups is 1. The van der Waals surface area contributed by atoms with Gasteiger partial charge in [0.25, 0.3) is 5.91 Å². The SMILES string of the molecule is CC.CC1=CN=C(NC(=O)c2oc3ccccc3c2NC=O)CC1.CN(CC(=O)OC(C)(C)C)C1CCCCC1. The number of rotatable bonds is 6. The van der Waals surface area contributed by atoms with Gasteiger partial charge in [0.05, 0.1) is 6.54 Å². The van der Waals surface area contributed by atoms with Gasteiger partial charge in [-0.05, 0) is 66.1 Å². The van der Waals surface area contributed by atoms with Crippen LogP contribution < -0.4 is 10.6 Å². The summed E-state index contributed by atoms with van der Waals surface area (Å²) in [6.07, 6.45) is 10.2. The molecule has 1 saturated carbocycles. The van der Waals surface area contributed by atoms with E-state index in [0.29, 0.717) is 47.9 Å². The highest BCUT2D eigenvalue weighted by molar-refractivity contribution is 6.13. The Bertz CT molecular complexity index is 1190. The Kier molecular flexibility index (Phi) is 13.1. The van der Waals surface area contributed by atoms with Crippen LogP contribution in [0.1, 0.15) is 97.0 Å². The standard InChI is InChI=1S/C16H15N3O3.C13H25NO2.C2H6/c1-10-6-7-13(17-8-10)19-16(21)15-14(18-9-20)11-4-2-3-5-12(11)22-15;1-13(2,3)16-12(15)10-14(4)11-8-6-5-7-9-11;1-2/h2-5,8-9H,6-7H2,1H3,(H,18,20)(H,17,19,21);11H,5-10H2,1-4H3;1-2H3. The Labute approximate surface area is 238 Å². The van der Waals surface area contributed by atoms with Crippen LogP contribution in [0.5, 0.6) is 0 Å². The van der Waals surface area contributed by atoms with E-state index < -0.39 is 5.91 Å². The number of allylic oxidation sites excluding steroid dienone is 1. The van der Waals surface area contributed by atoms with Crippen molar-refractivity contribution >= 4 is 40.8 Å². The van der Waals surface area contributed by atoms with Crippen LogP contribution in [0.25, 0.3) is 11.0 Å². The second kappa shape index (κ2) is 16.0. The van der Waals surface area contributed by atoms with E-state index in [2.05, 4.69) is 20.5 Å². The topological polar surface area (TPSA) is 113 Å². The van der Waals surface area contributed by atoms with E-state index in [0.717, 1.165) is 6.42 Å². The lowest BCUT2D eigenvalue weighted by atomic mass is 9.94. The van der Waals surface area contributed by atoms with Crippen LogP contribution in [0.3, 0.4) is 0 Å². The maximum atomic E-state index is 12.4. The first-order valence-electron chi connectivity index (χ1n) is 14.2. The third-order valence-corrected chi connectivity index (χ3v) is 6.46. The molecule has 2 aliphatic rings. The predicted molar refractivity (Wildman–Crippen MR) is 160 cm³/mol. The van der Waals surface area contributed by atoms with Gasteiger partial charge >= 0.3 is 5.97 Å². The van der Waals surface area contributed by atoms with Crippen molar-refractivity contribution in [1.29, 1.82) is 0 Å². The summed E-state index contributed by atoms with van der Waals surface area (Å²) in [6, 6.07) is 7.71. The molecule has 2 heterocycles. The lowest BCUT2D eigenvalue weighted by molar-refractivity contribution is -0.156. The summed E-state index contributed by atoms with van der Waals surface area (Å²) in [4.78, 5) is 41.2. The number of amides is 2. The molecule has 220 valence electrons. The number of nitrogens with one attached hydrogen (secondary N) is 2. The molecule has 0 bridgehead atoms. The van der Waals surface area contributed by atoms with Gasteiger partial charge in [-0.15, -0.1) is 0 Å². The maximum Gasteiger partial charge on any atom is 0.320 e. The van der Waals surface area contributed by atoms with E-state index in [1.54, 1.807) is 24.4 Å². The minimum absolute atomic E-state index is 0.0716. The number of nitrogens with zero attached hydrogens (tertiary/aromatic N) is 2. The van der Waals surface area contributed by atoms with Gasteiger partial charge in [-0.1, -0.05) is 50.8 Å². The molecule has 1 aliphatic heterocycles. The first-order valence-corrected chi connectivity index (χ1v) is 14.2. The zero-order chi connectivity index (χ0) is 29.7. The average molecular weight is 555 g/mol. The van der Waals surface area contributed by atoms with Crippen molar-refractivity contribution in [3.63, 3.8) is 0 Å². The van der Waals surface area contributed by atoms with Gasteiger partial charge < -0.3 is 19.8 Å². The van der Waals surface area contributed by atoms with Gasteiger partial charge in [0.1, 0.15) is 22.7 Å². The van der Waals surface area contributed by atoms with Crippen LogP contribution in [-0.2, 0) is 14.3 Å². The molecule has 2 aromatic rings. The Morgan fingerprint density at radius 1 is 1.12 bits per heavy atom. The van der Waals surface area contributed by atoms with E-state index in [9.17, 15) is 14.4 Å². The molecule has 9 nitrogen and oxygen atoms in total. The van der Waals surface area contributed by atoms with E-state index in [1.807, 2.05) is 54.7 Å². The molecule has 1 aliphatic carbocycles. The number of para-hydroxylation sites is 1. The van der Waals surface area contributed by atoms with Crippen LogP contribution in [-0.4, -0.2) is 54.3 Å². The zero-order valence-corrected chi connectivity index (χ0v) is 25.1. The quantitative estimate of drug-likeness (QED) is 0.314. The van der Waals surface area contributed by atoms with E-state index >= 15 is 0 Å². The number of furan rings is 1. The summed E-state index contributed by atoms with van der Waals surface area (Å²) in [5.41, 5.74) is 1.71. The average Bonchev–Trinajstić information content (AvgIpc) is 3.30. The van der Waals surface area contributed by atoms with Crippen molar-refractivity contribution in [1.82, 2.24) is 10.2 Å². The normalized spacial score (nSPS) is 15.5. The molecular formula is C31H46N4O5. The third kappa shape index (κ3) is 10.3. The van der Waals surface area contributed by atoms with Crippen molar-refractivity contribution in [3.8, 4) is 0 Å². The number of hydrogen-bond acceptors (Lipinski definition) is 7. The molecule has 2 N–H and O–H groups in total. The largest absolute Gasteiger partial charge is 0.459 e. The van der Waals surface area contributed by atoms with Crippen LogP contribution >= 0.6 is 0 Å². The highest BCUT2D eigenvalue weighted by atomic mass is 16.6. The van der Waals surface area contributed by atoms with Crippen LogP contribution in [0.15, 0.2) is 45.4 Å². The summed E-state index contributed by atoms with van der Waals surface area (Å²) in [5.74, 6) is 0.128. The second-order valence-electron chi connectivity index (χ2n) is 10.9. The molecule has 9 heteroatoms. The second-order valence-corrected chi connectivity index (χ2v) is 10.9. The van der Waals surface area contributed by atoms with Crippen LogP contribution in [0.2, 0.25) is 0 Å². The summed E-state index contributed by atoms with van der Waals surface area (Å²) >= 11 is 0. The molecule has 2 amide bonds. The molecule has 0 saturated heterocycles. The number of benzene rings is 1. The van der Waals surface area contributed by atoms with Gasteiger partial charge in [-0.2, -0.15) is 0 Å². The summed E-state index contributed by atoms with van der Waals surface area (Å²) in [7, 11) is 2.03. The number of anilines is 1. The predicted octanol–water partition coefficient (Wildman–Crippen LogP) is 6.45. The molecule has 0 spiro atoms. The van der Waals surface area contributed by atoms with Gasteiger partial charge in [0.15, 0.2) is 0 Å². The number of amidine groups is 1. The Balaban J connectivity index is 0.000000277. The summed E-state index contributed by atoms with van der Waals surface area (Å²) in [5, 5.41) is 5.95. The molecule has 0 unspecified atom stereocenters. The first-order chi connectivity index (χ1) is 19.1. The number of esters is 1. The molecule has 0 atom stereocenters. The molecule has 4 rings (SSSR count). The van der Waals surface area contributed by atoms with E-state index in [4.69, 9.17) is 9.15 Å². The number of ether oxygens (including phenoxy) is 1. The Morgan fingerprint density at radius 3 is 2.40 bits per heavy atom. The monoisotopic (exact) mass is 554 g/mol. The van der Waals surface area contributed by atoms with Crippen molar-refractivity contribution in [2.75, 3.05) is 18.9 Å². The number of carbonyl (C=O) groups excluding carboxylic acids is 3. The molecule has 1 fully saturated rings. The summed E-state index contributed by atoms with van der Waals surface area (Å²) < 4.78 is 10.9. The summed E-state index contributed by atoms with van der Waals surface area (Å²) in [6.45, 7) is 12.1. The van der Waals surface area contributed by atoms with Crippen molar-refractivity contribution in [2.45, 2.75) is 98.1 Å². The number of hydrogen-bond donors (Lipinski definition) is 2. The number of likely N-dealkylation sites (N-methyl/N-ethyl adjacent to an activating group) is 1. The lowest BCUT2D eigenvalue weighted by Gasteiger charge is -2.31. The van der Waals surface area contributed by atoms with Gasteiger partial charge in [-0.25, -0.2) is 4.99 Å². The fourth-order valence-corrected chi connectivity index (χ4v) is 4.55. The highest BCUT2D eigenvalue weighted by Gasteiger charge is 2.23. The van der Waals surface area contributed by atoms with Crippen molar-refractivity contribution in [3.05, 3.63) is 41.8 Å². The fourth-order valence-electron chi connectivity index (χ4n) is 4.55. The van der Waals surface area contributed by atoms with Crippen molar-refractivity contribution < 1.29 is 23.5 Å². The van der Waals surface area contributed by atoms with E-state index in [1.165, 1.54) is 37.7 Å². The number of fused-ring (bicyclic) bond motifs is 1.